The predicted molar refractivity (Wildman–Crippen MR) is 95.0 cm³/mol. The highest BCUT2D eigenvalue weighted by molar-refractivity contribution is 5.93. The van der Waals surface area contributed by atoms with Gasteiger partial charge in [0.1, 0.15) is 11.3 Å². The van der Waals surface area contributed by atoms with Gasteiger partial charge >= 0.3 is 5.97 Å². The molecule has 0 aliphatic carbocycles. The molecule has 7 heteroatoms. The minimum absolute atomic E-state index is 0.134. The van der Waals surface area contributed by atoms with Crippen molar-refractivity contribution >= 4 is 11.9 Å². The minimum Gasteiger partial charge on any atom is -0.497 e. The summed E-state index contributed by atoms with van der Waals surface area (Å²) in [6.45, 7) is 4.36. The largest absolute Gasteiger partial charge is 0.497 e. The predicted octanol–water partition coefficient (Wildman–Crippen LogP) is 2.35. The van der Waals surface area contributed by atoms with Crippen molar-refractivity contribution in [1.29, 1.82) is 0 Å². The summed E-state index contributed by atoms with van der Waals surface area (Å²) in [6.07, 6.45) is 1.29. The first kappa shape index (κ1) is 18.0. The molecule has 1 aliphatic rings. The van der Waals surface area contributed by atoms with Crippen LogP contribution in [0.1, 0.15) is 41.0 Å². The van der Waals surface area contributed by atoms with Crippen LogP contribution in [0.5, 0.6) is 5.75 Å². The molecule has 0 spiro atoms. The second-order valence-electron chi connectivity index (χ2n) is 6.35. The fourth-order valence-corrected chi connectivity index (χ4v) is 3.20. The van der Waals surface area contributed by atoms with Crippen LogP contribution in [0.25, 0.3) is 0 Å². The molecule has 2 atom stereocenters. The number of aromatic nitrogens is 2. The first-order chi connectivity index (χ1) is 12.4. The highest BCUT2D eigenvalue weighted by Gasteiger charge is 2.40. The van der Waals surface area contributed by atoms with Crippen molar-refractivity contribution in [2.75, 3.05) is 14.2 Å². The molecular weight excluding hydrogens is 334 g/mol. The molecule has 2 aromatic rings. The molecule has 138 valence electrons. The zero-order valence-electron chi connectivity index (χ0n) is 15.4. The Morgan fingerprint density at radius 3 is 2.58 bits per heavy atom. The normalized spacial score (nSPS) is 19.7. The number of esters is 1. The molecule has 7 nitrogen and oxygen atoms in total. The van der Waals surface area contributed by atoms with Crippen LogP contribution in [0.3, 0.4) is 0 Å². The van der Waals surface area contributed by atoms with Crippen LogP contribution < -0.4 is 4.74 Å². The maximum atomic E-state index is 12.5. The topological polar surface area (TPSA) is 73.7 Å². The number of carbonyl (C=O) groups excluding carboxylic acids is 2. The summed E-state index contributed by atoms with van der Waals surface area (Å²) in [5.41, 5.74) is 1.98. The third-order valence-electron chi connectivity index (χ3n) is 4.77. The van der Waals surface area contributed by atoms with Crippen molar-refractivity contribution in [1.82, 2.24) is 14.7 Å². The van der Waals surface area contributed by atoms with Crippen molar-refractivity contribution in [2.45, 2.75) is 39.0 Å². The Balaban J connectivity index is 1.73. The van der Waals surface area contributed by atoms with E-state index in [0.717, 1.165) is 11.3 Å². The van der Waals surface area contributed by atoms with E-state index in [1.807, 2.05) is 31.2 Å². The highest BCUT2D eigenvalue weighted by Crippen LogP contribution is 2.34. The van der Waals surface area contributed by atoms with Crippen molar-refractivity contribution in [2.24, 2.45) is 0 Å². The zero-order valence-corrected chi connectivity index (χ0v) is 15.4. The Kier molecular flexibility index (Phi) is 4.97. The van der Waals surface area contributed by atoms with Gasteiger partial charge in [-0.3, -0.25) is 9.48 Å². The highest BCUT2D eigenvalue weighted by atomic mass is 16.5. The Morgan fingerprint density at radius 1 is 1.31 bits per heavy atom. The number of amides is 1. The molecule has 0 radical (unpaired) electrons. The van der Waals surface area contributed by atoms with Gasteiger partial charge in [-0.05, 0) is 31.5 Å². The maximum absolute atomic E-state index is 12.5. The third kappa shape index (κ3) is 3.29. The molecule has 1 aromatic heterocycles. The van der Waals surface area contributed by atoms with Gasteiger partial charge in [0.05, 0.1) is 18.8 Å². The molecule has 0 bridgehead atoms. The van der Waals surface area contributed by atoms with E-state index < -0.39 is 12.1 Å². The number of ether oxygens (including phenoxy) is 2. The first-order valence-corrected chi connectivity index (χ1v) is 8.60. The van der Waals surface area contributed by atoms with Crippen molar-refractivity contribution < 1.29 is 19.1 Å². The Morgan fingerprint density at radius 2 is 2.00 bits per heavy atom. The van der Waals surface area contributed by atoms with E-state index in [1.54, 1.807) is 36.9 Å². The van der Waals surface area contributed by atoms with Crippen LogP contribution in [-0.4, -0.2) is 46.8 Å². The summed E-state index contributed by atoms with van der Waals surface area (Å²) >= 11 is 0. The minimum atomic E-state index is -0.788. The lowest BCUT2D eigenvalue weighted by Crippen LogP contribution is -2.30. The standard InChI is InChI=1S/C19H23N3O4/c1-5-22-11-15(12(2)20-22)19(24)26-17-10-16(21(3)18(17)23)13-6-8-14(25-4)9-7-13/h6-9,11,16-17H,5,10H2,1-4H3/t16-,17-/m0/s1. The van der Waals surface area contributed by atoms with E-state index in [1.165, 1.54) is 0 Å². The lowest BCUT2D eigenvalue weighted by molar-refractivity contribution is -0.134. The molecule has 1 fully saturated rings. The molecule has 1 aliphatic heterocycles. The molecule has 0 N–H and O–H groups in total. The van der Waals surface area contributed by atoms with Crippen molar-refractivity contribution in [3.8, 4) is 5.75 Å². The van der Waals surface area contributed by atoms with Gasteiger partial charge in [0.25, 0.3) is 5.91 Å². The van der Waals surface area contributed by atoms with Crippen LogP contribution >= 0.6 is 0 Å². The number of rotatable bonds is 5. The zero-order chi connectivity index (χ0) is 18.8. The van der Waals surface area contributed by atoms with Gasteiger partial charge in [-0.15, -0.1) is 0 Å². The van der Waals surface area contributed by atoms with Gasteiger partial charge in [-0.2, -0.15) is 5.10 Å². The van der Waals surface area contributed by atoms with E-state index in [-0.39, 0.29) is 11.9 Å². The lowest BCUT2D eigenvalue weighted by Gasteiger charge is -2.19. The second kappa shape index (κ2) is 7.19. The number of likely N-dealkylation sites (tertiary alicyclic amines) is 1. The fourth-order valence-electron chi connectivity index (χ4n) is 3.20. The molecule has 0 saturated carbocycles. The third-order valence-corrected chi connectivity index (χ3v) is 4.77. The van der Waals surface area contributed by atoms with Gasteiger partial charge in [0.2, 0.25) is 0 Å². The maximum Gasteiger partial charge on any atom is 0.342 e. The van der Waals surface area contributed by atoms with Gasteiger partial charge in [-0.1, -0.05) is 12.1 Å². The molecular formula is C19H23N3O4. The summed E-state index contributed by atoms with van der Waals surface area (Å²) < 4.78 is 12.3. The fraction of sp³-hybridized carbons (Fsp3) is 0.421. The quantitative estimate of drug-likeness (QED) is 0.768. The van der Waals surface area contributed by atoms with Crippen LogP contribution in [0, 0.1) is 6.92 Å². The number of carbonyl (C=O) groups is 2. The van der Waals surface area contributed by atoms with Gasteiger partial charge in [0.15, 0.2) is 6.10 Å². The molecule has 1 saturated heterocycles. The first-order valence-electron chi connectivity index (χ1n) is 8.60. The van der Waals surface area contributed by atoms with E-state index >= 15 is 0 Å². The smallest absolute Gasteiger partial charge is 0.342 e. The van der Waals surface area contributed by atoms with Crippen LogP contribution in [0.2, 0.25) is 0 Å². The summed E-state index contributed by atoms with van der Waals surface area (Å²) in [5, 5.41) is 4.25. The molecule has 3 rings (SSSR count). The number of benzene rings is 1. The van der Waals surface area contributed by atoms with Gasteiger partial charge < -0.3 is 14.4 Å². The van der Waals surface area contributed by atoms with E-state index in [2.05, 4.69) is 5.10 Å². The number of hydrogen-bond donors (Lipinski definition) is 0. The van der Waals surface area contributed by atoms with Crippen LogP contribution in [-0.2, 0) is 16.1 Å². The molecule has 1 amide bonds. The summed E-state index contributed by atoms with van der Waals surface area (Å²) in [7, 11) is 3.34. The van der Waals surface area contributed by atoms with Crippen molar-refractivity contribution in [3.05, 3.63) is 47.3 Å². The van der Waals surface area contributed by atoms with E-state index in [0.29, 0.717) is 24.2 Å². The molecule has 0 unspecified atom stereocenters. The monoisotopic (exact) mass is 357 g/mol. The SMILES string of the molecule is CCn1cc(C(=O)O[C@H]2C[C@@H](c3ccc(OC)cc3)N(C)C2=O)c(C)n1. The Labute approximate surface area is 152 Å². The molecule has 2 heterocycles. The van der Waals surface area contributed by atoms with Crippen LogP contribution in [0.15, 0.2) is 30.5 Å². The average Bonchev–Trinajstić information content (AvgIpc) is 3.16. The Hall–Kier alpha value is -2.83. The average molecular weight is 357 g/mol. The summed E-state index contributed by atoms with van der Waals surface area (Å²) in [4.78, 5) is 26.6. The summed E-state index contributed by atoms with van der Waals surface area (Å²) in [5.74, 6) is 0.0520. The lowest BCUT2D eigenvalue weighted by atomic mass is 10.0. The van der Waals surface area contributed by atoms with Crippen LogP contribution in [0.4, 0.5) is 0 Å². The van der Waals surface area contributed by atoms with Gasteiger partial charge in [-0.25, -0.2) is 4.79 Å². The number of methoxy groups -OCH3 is 1. The van der Waals surface area contributed by atoms with E-state index in [4.69, 9.17) is 9.47 Å². The number of likely N-dealkylation sites (N-methyl/N-ethyl adjacent to an activating group) is 1. The van der Waals surface area contributed by atoms with Crippen molar-refractivity contribution in [3.63, 3.8) is 0 Å². The van der Waals surface area contributed by atoms with Gasteiger partial charge in [0, 0.05) is 26.2 Å². The Bertz CT molecular complexity index is 813. The number of nitrogens with zero attached hydrogens (tertiary/aromatic N) is 3. The second-order valence-corrected chi connectivity index (χ2v) is 6.35. The summed E-state index contributed by atoms with van der Waals surface area (Å²) in [6, 6.07) is 7.43. The molecule has 1 aromatic carbocycles. The molecule has 26 heavy (non-hydrogen) atoms. The number of hydrogen-bond acceptors (Lipinski definition) is 5. The number of aryl methyl sites for hydroxylation is 2. The van der Waals surface area contributed by atoms with E-state index in [9.17, 15) is 9.59 Å².